The lowest BCUT2D eigenvalue weighted by atomic mass is 10.1. The van der Waals surface area contributed by atoms with Gasteiger partial charge < -0.3 is 9.47 Å². The third-order valence-corrected chi connectivity index (χ3v) is 3.29. The summed E-state index contributed by atoms with van der Waals surface area (Å²) in [5, 5.41) is 0. The van der Waals surface area contributed by atoms with Gasteiger partial charge >= 0.3 is 12.1 Å². The van der Waals surface area contributed by atoms with Gasteiger partial charge in [0, 0.05) is 5.56 Å². The lowest BCUT2D eigenvalue weighted by Crippen LogP contribution is -2.09. The first-order valence-electron chi connectivity index (χ1n) is 7.42. The molecule has 0 saturated heterocycles. The highest BCUT2D eigenvalue weighted by Crippen LogP contribution is 2.29. The Balaban J connectivity index is 2.03. The molecule has 0 saturated carbocycles. The van der Waals surface area contributed by atoms with Crippen LogP contribution in [-0.4, -0.2) is 12.6 Å². The quantitative estimate of drug-likeness (QED) is 0.733. The molecule has 24 heavy (non-hydrogen) atoms. The summed E-state index contributed by atoms with van der Waals surface area (Å²) < 4.78 is 48.1. The second-order valence-corrected chi connectivity index (χ2v) is 5.07. The molecule has 0 heterocycles. The van der Waals surface area contributed by atoms with Gasteiger partial charge in [-0.3, -0.25) is 4.79 Å². The normalized spacial score (nSPS) is 11.2. The number of carbonyl (C=O) groups is 1. The predicted molar refractivity (Wildman–Crippen MR) is 82.6 cm³/mol. The van der Waals surface area contributed by atoms with Gasteiger partial charge in [0.15, 0.2) is 0 Å². The molecule has 2 aromatic carbocycles. The molecule has 2 rings (SSSR count). The average Bonchev–Trinajstić information content (AvgIpc) is 2.54. The third kappa shape index (κ3) is 5.01. The van der Waals surface area contributed by atoms with Gasteiger partial charge in [0.2, 0.25) is 0 Å². The molecular formula is C18H17F3O3. The van der Waals surface area contributed by atoms with Crippen molar-refractivity contribution in [3.63, 3.8) is 0 Å². The number of para-hydroxylation sites is 1. The summed E-state index contributed by atoms with van der Waals surface area (Å²) in [5.41, 5.74) is 0.575. The Morgan fingerprint density at radius 2 is 1.71 bits per heavy atom. The number of rotatable bonds is 6. The molecule has 0 aromatic heterocycles. The van der Waals surface area contributed by atoms with E-state index >= 15 is 0 Å². The van der Waals surface area contributed by atoms with E-state index in [0.29, 0.717) is 23.5 Å². The van der Waals surface area contributed by atoms with E-state index in [1.54, 1.807) is 31.2 Å². The summed E-state index contributed by atoms with van der Waals surface area (Å²) >= 11 is 0. The molecule has 0 unspecified atom stereocenters. The smallest absolute Gasteiger partial charge is 0.416 e. The molecule has 0 spiro atoms. The maximum atomic E-state index is 12.5. The Morgan fingerprint density at radius 3 is 2.33 bits per heavy atom. The van der Waals surface area contributed by atoms with E-state index in [4.69, 9.17) is 9.47 Å². The number of carbonyl (C=O) groups excluding carboxylic acids is 1. The molecule has 2 aromatic rings. The molecule has 3 nitrogen and oxygen atoms in total. The molecule has 0 aliphatic rings. The van der Waals surface area contributed by atoms with E-state index in [2.05, 4.69) is 0 Å². The van der Waals surface area contributed by atoms with Gasteiger partial charge in [-0.1, -0.05) is 30.3 Å². The highest BCUT2D eigenvalue weighted by atomic mass is 19.4. The van der Waals surface area contributed by atoms with E-state index in [1.807, 2.05) is 0 Å². The summed E-state index contributed by atoms with van der Waals surface area (Å²) in [7, 11) is 0. The van der Waals surface area contributed by atoms with Crippen LogP contribution in [0.5, 0.6) is 5.75 Å². The Hall–Kier alpha value is -2.50. The van der Waals surface area contributed by atoms with E-state index in [9.17, 15) is 18.0 Å². The molecule has 0 N–H and O–H groups in total. The number of benzene rings is 2. The van der Waals surface area contributed by atoms with Gasteiger partial charge in [-0.2, -0.15) is 13.2 Å². The van der Waals surface area contributed by atoms with E-state index in [0.717, 1.165) is 12.1 Å². The standard InChI is InChI=1S/C18H17F3O3/c1-2-23-17(22)11-14-5-3-4-6-16(14)24-12-13-7-9-15(10-8-13)18(19,20)21/h3-10H,2,11-12H2,1H3. The number of alkyl halides is 3. The topological polar surface area (TPSA) is 35.5 Å². The van der Waals surface area contributed by atoms with Crippen molar-refractivity contribution in [3.8, 4) is 5.75 Å². The van der Waals surface area contributed by atoms with Gasteiger partial charge in [-0.05, 0) is 30.7 Å². The first-order chi connectivity index (χ1) is 11.4. The third-order valence-electron chi connectivity index (χ3n) is 3.29. The lowest BCUT2D eigenvalue weighted by Gasteiger charge is -2.12. The molecule has 0 radical (unpaired) electrons. The van der Waals surface area contributed by atoms with Crippen molar-refractivity contribution in [2.24, 2.45) is 0 Å². The summed E-state index contributed by atoms with van der Waals surface area (Å²) in [6, 6.07) is 11.8. The summed E-state index contributed by atoms with van der Waals surface area (Å²) in [4.78, 5) is 11.6. The summed E-state index contributed by atoms with van der Waals surface area (Å²) in [6.07, 6.45) is -4.28. The molecule has 128 valence electrons. The van der Waals surface area contributed by atoms with Crippen LogP contribution < -0.4 is 4.74 Å². The monoisotopic (exact) mass is 338 g/mol. The van der Waals surface area contributed by atoms with Gasteiger partial charge in [0.25, 0.3) is 0 Å². The van der Waals surface area contributed by atoms with E-state index < -0.39 is 11.7 Å². The Kier molecular flexibility index (Phi) is 5.84. The molecule has 6 heteroatoms. The fraction of sp³-hybridized carbons (Fsp3) is 0.278. The Morgan fingerprint density at radius 1 is 1.04 bits per heavy atom. The van der Waals surface area contributed by atoms with E-state index in [-0.39, 0.29) is 19.0 Å². The number of hydrogen-bond donors (Lipinski definition) is 0. The molecule has 0 fully saturated rings. The van der Waals surface area contributed by atoms with Crippen LogP contribution in [0.3, 0.4) is 0 Å². The van der Waals surface area contributed by atoms with Crippen LogP contribution in [0.25, 0.3) is 0 Å². The van der Waals surface area contributed by atoms with Crippen molar-refractivity contribution in [2.75, 3.05) is 6.61 Å². The van der Waals surface area contributed by atoms with Gasteiger partial charge in [-0.25, -0.2) is 0 Å². The second kappa shape index (κ2) is 7.86. The Labute approximate surface area is 138 Å². The van der Waals surface area contributed by atoms with Crippen LogP contribution in [0, 0.1) is 0 Å². The highest BCUT2D eigenvalue weighted by molar-refractivity contribution is 5.73. The van der Waals surface area contributed by atoms with Crippen molar-refractivity contribution in [2.45, 2.75) is 26.1 Å². The number of ether oxygens (including phenoxy) is 2. The van der Waals surface area contributed by atoms with Crippen LogP contribution in [0.2, 0.25) is 0 Å². The minimum Gasteiger partial charge on any atom is -0.489 e. The van der Waals surface area contributed by atoms with Crippen LogP contribution in [0.4, 0.5) is 13.2 Å². The van der Waals surface area contributed by atoms with Gasteiger partial charge in [0.1, 0.15) is 12.4 Å². The van der Waals surface area contributed by atoms with Crippen LogP contribution in [0.1, 0.15) is 23.6 Å². The predicted octanol–water partition coefficient (Wildman–Crippen LogP) is 4.39. The minimum absolute atomic E-state index is 0.0804. The number of hydrogen-bond acceptors (Lipinski definition) is 3. The zero-order valence-corrected chi connectivity index (χ0v) is 13.1. The SMILES string of the molecule is CCOC(=O)Cc1ccccc1OCc1ccc(C(F)(F)F)cc1. The zero-order valence-electron chi connectivity index (χ0n) is 13.1. The lowest BCUT2D eigenvalue weighted by molar-refractivity contribution is -0.142. The summed E-state index contributed by atoms with van der Waals surface area (Å²) in [6.45, 7) is 2.14. The van der Waals surface area contributed by atoms with Crippen molar-refractivity contribution >= 4 is 5.97 Å². The fourth-order valence-corrected chi connectivity index (χ4v) is 2.11. The molecule has 0 amide bonds. The second-order valence-electron chi connectivity index (χ2n) is 5.07. The van der Waals surface area contributed by atoms with Crippen molar-refractivity contribution in [1.29, 1.82) is 0 Å². The van der Waals surface area contributed by atoms with Crippen LogP contribution in [-0.2, 0) is 28.7 Å². The first kappa shape index (κ1) is 17.8. The molecular weight excluding hydrogens is 321 g/mol. The van der Waals surface area contributed by atoms with Gasteiger partial charge in [-0.15, -0.1) is 0 Å². The molecule has 0 aliphatic heterocycles. The Bertz CT molecular complexity index is 679. The van der Waals surface area contributed by atoms with Crippen molar-refractivity contribution in [1.82, 2.24) is 0 Å². The summed E-state index contributed by atoms with van der Waals surface area (Å²) in [5.74, 6) is 0.147. The molecule has 0 aliphatic carbocycles. The minimum atomic E-state index is -4.36. The maximum Gasteiger partial charge on any atom is 0.416 e. The van der Waals surface area contributed by atoms with Crippen LogP contribution >= 0.6 is 0 Å². The van der Waals surface area contributed by atoms with Crippen LogP contribution in [0.15, 0.2) is 48.5 Å². The molecule has 0 atom stereocenters. The van der Waals surface area contributed by atoms with Crippen molar-refractivity contribution < 1.29 is 27.4 Å². The zero-order chi connectivity index (χ0) is 17.6. The van der Waals surface area contributed by atoms with Gasteiger partial charge in [0.05, 0.1) is 18.6 Å². The number of halogens is 3. The average molecular weight is 338 g/mol. The molecule has 0 bridgehead atoms. The fourth-order valence-electron chi connectivity index (χ4n) is 2.11. The highest BCUT2D eigenvalue weighted by Gasteiger charge is 2.29. The van der Waals surface area contributed by atoms with Crippen molar-refractivity contribution in [3.05, 3.63) is 65.2 Å². The first-order valence-corrected chi connectivity index (χ1v) is 7.42. The largest absolute Gasteiger partial charge is 0.489 e. The number of esters is 1. The van der Waals surface area contributed by atoms with E-state index in [1.165, 1.54) is 12.1 Å². The maximum absolute atomic E-state index is 12.5.